The van der Waals surface area contributed by atoms with Crippen molar-refractivity contribution in [2.45, 2.75) is 46.1 Å². The molecule has 0 spiro atoms. The second-order valence-corrected chi connectivity index (χ2v) is 4.78. The van der Waals surface area contributed by atoms with Gasteiger partial charge in [0, 0.05) is 6.04 Å². The third-order valence-corrected chi connectivity index (χ3v) is 3.08. The smallest absolute Gasteiger partial charge is 0.307 e. The van der Waals surface area contributed by atoms with Gasteiger partial charge in [-0.25, -0.2) is 0 Å². The Morgan fingerprint density at radius 1 is 1.26 bits per heavy atom. The summed E-state index contributed by atoms with van der Waals surface area (Å²) in [4.78, 5) is 11.7. The molecular weight excluding hydrogens is 238 g/mol. The van der Waals surface area contributed by atoms with Crippen molar-refractivity contribution >= 4 is 5.97 Å². The first-order chi connectivity index (χ1) is 9.17. The summed E-state index contributed by atoms with van der Waals surface area (Å²) in [6.45, 7) is 7.43. The molecule has 0 saturated heterocycles. The second-order valence-electron chi connectivity index (χ2n) is 4.78. The SMILES string of the molecule is CCCCNC(CC(=O)OCC)c1ccc(C)cc1. The molecule has 1 aromatic carbocycles. The minimum Gasteiger partial charge on any atom is -0.466 e. The van der Waals surface area contributed by atoms with Gasteiger partial charge in [0.25, 0.3) is 0 Å². The minimum absolute atomic E-state index is 0.0474. The van der Waals surface area contributed by atoms with Crippen LogP contribution in [0.5, 0.6) is 0 Å². The Bertz CT molecular complexity index is 373. The highest BCUT2D eigenvalue weighted by molar-refractivity contribution is 5.70. The van der Waals surface area contributed by atoms with Gasteiger partial charge in [-0.1, -0.05) is 43.2 Å². The van der Waals surface area contributed by atoms with E-state index in [-0.39, 0.29) is 12.0 Å². The molecule has 1 atom stereocenters. The summed E-state index contributed by atoms with van der Waals surface area (Å²) in [6.07, 6.45) is 2.65. The fraction of sp³-hybridized carbons (Fsp3) is 0.562. The van der Waals surface area contributed by atoms with Crippen LogP contribution in [0.3, 0.4) is 0 Å². The van der Waals surface area contributed by atoms with Gasteiger partial charge in [0.2, 0.25) is 0 Å². The highest BCUT2D eigenvalue weighted by Crippen LogP contribution is 2.18. The molecule has 0 aliphatic rings. The molecule has 0 amide bonds. The van der Waals surface area contributed by atoms with Gasteiger partial charge in [0.15, 0.2) is 0 Å². The Balaban J connectivity index is 2.67. The third kappa shape index (κ3) is 5.88. The van der Waals surface area contributed by atoms with Crippen LogP contribution >= 0.6 is 0 Å². The molecule has 0 aliphatic heterocycles. The molecule has 1 unspecified atom stereocenters. The maximum absolute atomic E-state index is 11.7. The summed E-state index contributed by atoms with van der Waals surface area (Å²) >= 11 is 0. The van der Waals surface area contributed by atoms with Crippen molar-refractivity contribution in [3.05, 3.63) is 35.4 Å². The molecule has 0 aromatic heterocycles. The molecule has 3 heteroatoms. The number of esters is 1. The van der Waals surface area contributed by atoms with Crippen molar-refractivity contribution < 1.29 is 9.53 Å². The topological polar surface area (TPSA) is 38.3 Å². The number of nitrogens with one attached hydrogen (secondary N) is 1. The maximum atomic E-state index is 11.7. The highest BCUT2D eigenvalue weighted by atomic mass is 16.5. The molecule has 0 saturated carbocycles. The van der Waals surface area contributed by atoms with Crippen LogP contribution in [0.15, 0.2) is 24.3 Å². The van der Waals surface area contributed by atoms with E-state index in [4.69, 9.17) is 4.74 Å². The number of carbonyl (C=O) groups excluding carboxylic acids is 1. The van der Waals surface area contributed by atoms with Gasteiger partial charge >= 0.3 is 5.97 Å². The van der Waals surface area contributed by atoms with E-state index >= 15 is 0 Å². The van der Waals surface area contributed by atoms with Crippen LogP contribution < -0.4 is 5.32 Å². The van der Waals surface area contributed by atoms with Crippen molar-refractivity contribution in [3.8, 4) is 0 Å². The van der Waals surface area contributed by atoms with Gasteiger partial charge in [-0.15, -0.1) is 0 Å². The summed E-state index contributed by atoms with van der Waals surface area (Å²) in [6, 6.07) is 8.37. The molecule has 1 N–H and O–H groups in total. The molecule has 0 radical (unpaired) electrons. The van der Waals surface area contributed by atoms with E-state index in [1.54, 1.807) is 0 Å². The van der Waals surface area contributed by atoms with Crippen LogP contribution in [0.1, 0.15) is 50.3 Å². The Morgan fingerprint density at radius 3 is 2.53 bits per heavy atom. The monoisotopic (exact) mass is 263 g/mol. The van der Waals surface area contributed by atoms with Crippen LogP contribution in [-0.2, 0) is 9.53 Å². The Hall–Kier alpha value is -1.35. The number of carbonyl (C=O) groups is 1. The van der Waals surface area contributed by atoms with Crippen LogP contribution in [0.25, 0.3) is 0 Å². The fourth-order valence-electron chi connectivity index (χ4n) is 1.95. The van der Waals surface area contributed by atoms with Crippen molar-refractivity contribution in [1.82, 2.24) is 5.32 Å². The van der Waals surface area contributed by atoms with E-state index in [9.17, 15) is 4.79 Å². The van der Waals surface area contributed by atoms with Gasteiger partial charge in [0.05, 0.1) is 13.0 Å². The zero-order chi connectivity index (χ0) is 14.1. The van der Waals surface area contributed by atoms with Crippen LogP contribution in [0.2, 0.25) is 0 Å². The third-order valence-electron chi connectivity index (χ3n) is 3.08. The van der Waals surface area contributed by atoms with Crippen LogP contribution in [0, 0.1) is 6.92 Å². The molecule has 0 bridgehead atoms. The summed E-state index contributed by atoms with van der Waals surface area (Å²) in [5, 5.41) is 3.44. The zero-order valence-corrected chi connectivity index (χ0v) is 12.2. The van der Waals surface area contributed by atoms with E-state index < -0.39 is 0 Å². The average Bonchev–Trinajstić information content (AvgIpc) is 2.39. The first kappa shape index (κ1) is 15.7. The standard InChI is InChI=1S/C16H25NO2/c1-4-6-11-17-15(12-16(18)19-5-2)14-9-7-13(3)8-10-14/h7-10,15,17H,4-6,11-12H2,1-3H3. The molecule has 1 rings (SSSR count). The van der Waals surface area contributed by atoms with Crippen molar-refractivity contribution in [1.29, 1.82) is 0 Å². The molecule has 1 aromatic rings. The minimum atomic E-state index is -0.142. The molecule has 19 heavy (non-hydrogen) atoms. The number of aryl methyl sites for hydroxylation is 1. The van der Waals surface area contributed by atoms with E-state index in [1.807, 2.05) is 6.92 Å². The first-order valence-electron chi connectivity index (χ1n) is 7.13. The van der Waals surface area contributed by atoms with Gasteiger partial charge in [-0.2, -0.15) is 0 Å². The number of unbranched alkanes of at least 4 members (excludes halogenated alkanes) is 1. The zero-order valence-electron chi connectivity index (χ0n) is 12.2. The maximum Gasteiger partial charge on any atom is 0.307 e. The summed E-state index contributed by atoms with van der Waals surface area (Å²) in [5.74, 6) is -0.142. The summed E-state index contributed by atoms with van der Waals surface area (Å²) in [7, 11) is 0. The van der Waals surface area contributed by atoms with Gasteiger partial charge < -0.3 is 10.1 Å². The Morgan fingerprint density at radius 2 is 1.95 bits per heavy atom. The largest absolute Gasteiger partial charge is 0.466 e. The summed E-state index contributed by atoms with van der Waals surface area (Å²) < 4.78 is 5.04. The number of ether oxygens (including phenoxy) is 1. The Labute approximate surface area is 116 Å². The van der Waals surface area contributed by atoms with E-state index in [0.29, 0.717) is 13.0 Å². The normalized spacial score (nSPS) is 12.2. The lowest BCUT2D eigenvalue weighted by atomic mass is 10.0. The van der Waals surface area contributed by atoms with Crippen molar-refractivity contribution in [3.63, 3.8) is 0 Å². The molecule has 106 valence electrons. The molecule has 0 fully saturated rings. The van der Waals surface area contributed by atoms with E-state index in [1.165, 1.54) is 5.56 Å². The van der Waals surface area contributed by atoms with E-state index in [0.717, 1.165) is 24.9 Å². The highest BCUT2D eigenvalue weighted by Gasteiger charge is 2.15. The lowest BCUT2D eigenvalue weighted by Crippen LogP contribution is -2.25. The van der Waals surface area contributed by atoms with Gasteiger partial charge in [0.1, 0.15) is 0 Å². The Kier molecular flexibility index (Phi) is 7.19. The number of hydrogen-bond acceptors (Lipinski definition) is 3. The first-order valence-corrected chi connectivity index (χ1v) is 7.13. The lowest BCUT2D eigenvalue weighted by molar-refractivity contribution is -0.143. The molecule has 0 aliphatic carbocycles. The predicted octanol–water partition coefficient (Wildman–Crippen LogP) is 3.38. The molecular formula is C16H25NO2. The van der Waals surface area contributed by atoms with Crippen molar-refractivity contribution in [2.75, 3.05) is 13.2 Å². The van der Waals surface area contributed by atoms with Gasteiger partial charge in [-0.3, -0.25) is 4.79 Å². The van der Waals surface area contributed by atoms with Gasteiger partial charge in [-0.05, 0) is 32.4 Å². The van der Waals surface area contributed by atoms with E-state index in [2.05, 4.69) is 43.4 Å². The van der Waals surface area contributed by atoms with Crippen LogP contribution in [0.4, 0.5) is 0 Å². The fourth-order valence-corrected chi connectivity index (χ4v) is 1.95. The molecule has 0 heterocycles. The predicted molar refractivity (Wildman–Crippen MR) is 78.1 cm³/mol. The molecule has 3 nitrogen and oxygen atoms in total. The lowest BCUT2D eigenvalue weighted by Gasteiger charge is -2.18. The van der Waals surface area contributed by atoms with Crippen molar-refractivity contribution in [2.24, 2.45) is 0 Å². The second kappa shape index (κ2) is 8.70. The van der Waals surface area contributed by atoms with Crippen LogP contribution in [-0.4, -0.2) is 19.1 Å². The number of hydrogen-bond donors (Lipinski definition) is 1. The number of rotatable bonds is 8. The average molecular weight is 263 g/mol. The summed E-state index contributed by atoms with van der Waals surface area (Å²) in [5.41, 5.74) is 2.38. The quantitative estimate of drug-likeness (QED) is 0.577. The number of benzene rings is 1.